The number of benzene rings is 1. The molecule has 1 saturated heterocycles. The number of methoxy groups -OCH3 is 1. The second kappa shape index (κ2) is 9.05. The molecule has 1 aromatic rings. The van der Waals surface area contributed by atoms with Crippen LogP contribution >= 0.6 is 0 Å². The van der Waals surface area contributed by atoms with Crippen molar-refractivity contribution in [2.75, 3.05) is 19.1 Å². The normalized spacial score (nSPS) is 18.6. The van der Waals surface area contributed by atoms with Crippen LogP contribution < -0.4 is 15.0 Å². The van der Waals surface area contributed by atoms with Gasteiger partial charge in [0, 0.05) is 25.5 Å². The third-order valence-corrected chi connectivity index (χ3v) is 3.88. The highest BCUT2D eigenvalue weighted by atomic mass is 16.5. The minimum Gasteiger partial charge on any atom is -0.497 e. The molecule has 2 heterocycles. The second-order valence-corrected chi connectivity index (χ2v) is 5.48. The number of rotatable bonds is 1. The first-order valence-electron chi connectivity index (χ1n) is 8.19. The fourth-order valence-electron chi connectivity index (χ4n) is 2.35. The molecule has 24 heavy (non-hydrogen) atoms. The number of nitrogens with zero attached hydrogens (tertiary/aromatic N) is 1. The van der Waals surface area contributed by atoms with Crippen LogP contribution in [-0.4, -0.2) is 31.9 Å². The lowest BCUT2D eigenvalue weighted by Gasteiger charge is -2.15. The van der Waals surface area contributed by atoms with Crippen LogP contribution in [0.4, 0.5) is 5.69 Å². The highest BCUT2D eigenvalue weighted by Gasteiger charge is 2.24. The number of ether oxygens (including phenoxy) is 1. The van der Waals surface area contributed by atoms with Crippen molar-refractivity contribution in [1.82, 2.24) is 5.32 Å². The molecule has 1 N–H and O–H groups in total. The van der Waals surface area contributed by atoms with Crippen molar-refractivity contribution in [2.24, 2.45) is 5.92 Å². The topological polar surface area (TPSA) is 75.7 Å². The highest BCUT2D eigenvalue weighted by Crippen LogP contribution is 2.30. The fourth-order valence-corrected chi connectivity index (χ4v) is 2.35. The Morgan fingerprint density at radius 3 is 2.42 bits per heavy atom. The maximum absolute atomic E-state index is 11.3. The summed E-state index contributed by atoms with van der Waals surface area (Å²) < 4.78 is 5.09. The van der Waals surface area contributed by atoms with E-state index in [9.17, 15) is 14.4 Å². The van der Waals surface area contributed by atoms with Crippen molar-refractivity contribution in [1.29, 1.82) is 0 Å². The molecule has 2 aliphatic heterocycles. The van der Waals surface area contributed by atoms with Crippen LogP contribution in [0.25, 0.3) is 0 Å². The number of amides is 3. The molecule has 0 saturated carbocycles. The SMILES string of the molecule is CC.CC1CCC(=O)NC1=O.COc1ccc2c(c1)N(C)C(=O)C2. The lowest BCUT2D eigenvalue weighted by molar-refractivity contribution is -0.135. The summed E-state index contributed by atoms with van der Waals surface area (Å²) in [6.07, 6.45) is 1.70. The van der Waals surface area contributed by atoms with E-state index in [0.29, 0.717) is 19.3 Å². The van der Waals surface area contributed by atoms with Crippen LogP contribution in [0.15, 0.2) is 18.2 Å². The van der Waals surface area contributed by atoms with Gasteiger partial charge < -0.3 is 9.64 Å². The Kier molecular flexibility index (Phi) is 7.42. The molecule has 1 aromatic carbocycles. The molecule has 6 nitrogen and oxygen atoms in total. The van der Waals surface area contributed by atoms with E-state index in [2.05, 4.69) is 5.32 Å². The zero-order chi connectivity index (χ0) is 18.3. The van der Waals surface area contributed by atoms with Crippen LogP contribution in [0.5, 0.6) is 5.75 Å². The van der Waals surface area contributed by atoms with Gasteiger partial charge in [-0.3, -0.25) is 19.7 Å². The number of likely N-dealkylation sites (N-methyl/N-ethyl adjacent to an activating group) is 1. The minimum absolute atomic E-state index is 0.0164. The van der Waals surface area contributed by atoms with Crippen LogP contribution in [0.3, 0.4) is 0 Å². The van der Waals surface area contributed by atoms with Gasteiger partial charge in [0.25, 0.3) is 0 Å². The molecule has 0 spiro atoms. The van der Waals surface area contributed by atoms with Gasteiger partial charge in [-0.2, -0.15) is 0 Å². The summed E-state index contributed by atoms with van der Waals surface area (Å²) in [7, 11) is 3.41. The van der Waals surface area contributed by atoms with Crippen molar-refractivity contribution < 1.29 is 19.1 Å². The molecule has 0 bridgehead atoms. The number of imide groups is 1. The number of hydrogen-bond donors (Lipinski definition) is 1. The number of nitrogens with one attached hydrogen (secondary N) is 1. The minimum atomic E-state index is -0.141. The van der Waals surface area contributed by atoms with Gasteiger partial charge in [-0.25, -0.2) is 0 Å². The summed E-state index contributed by atoms with van der Waals surface area (Å²) >= 11 is 0. The average Bonchev–Trinajstić information content (AvgIpc) is 2.88. The first-order chi connectivity index (χ1) is 11.4. The number of hydrogen-bond acceptors (Lipinski definition) is 4. The standard InChI is InChI=1S/C10H11NO2.C6H9NO2.C2H6/c1-11-9-6-8(13-2)4-3-7(9)5-10(11)12;1-4-2-3-5(8)7-6(4)9;1-2/h3-4,6H,5H2,1-2H3;4H,2-3H2,1H3,(H,7,8,9);1-2H3. The first-order valence-corrected chi connectivity index (χ1v) is 8.19. The number of anilines is 1. The molecule has 6 heteroatoms. The average molecular weight is 334 g/mol. The molecule has 1 fully saturated rings. The van der Waals surface area contributed by atoms with Crippen LogP contribution in [-0.2, 0) is 20.8 Å². The fraction of sp³-hybridized carbons (Fsp3) is 0.500. The summed E-state index contributed by atoms with van der Waals surface area (Å²) in [5.74, 6) is 0.676. The number of fused-ring (bicyclic) bond motifs is 1. The van der Waals surface area contributed by atoms with Gasteiger partial charge in [0.1, 0.15) is 5.75 Å². The lowest BCUT2D eigenvalue weighted by atomic mass is 10.0. The predicted molar refractivity (Wildman–Crippen MR) is 93.0 cm³/mol. The Balaban J connectivity index is 0.000000230. The Morgan fingerprint density at radius 1 is 1.21 bits per heavy atom. The molecule has 3 amide bonds. The molecule has 3 rings (SSSR count). The van der Waals surface area contributed by atoms with Gasteiger partial charge in [-0.15, -0.1) is 0 Å². The molecule has 2 aliphatic rings. The van der Waals surface area contributed by atoms with E-state index in [0.717, 1.165) is 17.0 Å². The van der Waals surface area contributed by atoms with Crippen molar-refractivity contribution in [3.8, 4) is 5.75 Å². The van der Waals surface area contributed by atoms with Crippen LogP contribution in [0.2, 0.25) is 0 Å². The predicted octanol–water partition coefficient (Wildman–Crippen LogP) is 2.30. The van der Waals surface area contributed by atoms with Gasteiger partial charge >= 0.3 is 0 Å². The van der Waals surface area contributed by atoms with E-state index in [4.69, 9.17) is 4.74 Å². The first kappa shape index (κ1) is 19.7. The van der Waals surface area contributed by atoms with E-state index in [1.54, 1.807) is 19.1 Å². The van der Waals surface area contributed by atoms with E-state index in [1.807, 2.05) is 39.0 Å². The largest absolute Gasteiger partial charge is 0.497 e. The van der Waals surface area contributed by atoms with Crippen LogP contribution in [0, 0.1) is 5.92 Å². The summed E-state index contributed by atoms with van der Waals surface area (Å²) in [5, 5.41) is 2.25. The molecule has 1 unspecified atom stereocenters. The Hall–Kier alpha value is -2.37. The third-order valence-electron chi connectivity index (χ3n) is 3.88. The van der Waals surface area contributed by atoms with Gasteiger partial charge in [-0.05, 0) is 18.1 Å². The van der Waals surface area contributed by atoms with E-state index >= 15 is 0 Å². The summed E-state index contributed by atoms with van der Waals surface area (Å²) in [6, 6.07) is 5.71. The maximum atomic E-state index is 11.3. The molecule has 0 radical (unpaired) electrons. The number of piperidine rings is 1. The van der Waals surface area contributed by atoms with E-state index in [-0.39, 0.29) is 23.6 Å². The van der Waals surface area contributed by atoms with Gasteiger partial charge in [0.05, 0.1) is 19.2 Å². The van der Waals surface area contributed by atoms with Crippen LogP contribution in [0.1, 0.15) is 39.2 Å². The molecular formula is C18H26N2O4. The smallest absolute Gasteiger partial charge is 0.231 e. The molecule has 132 valence electrons. The Bertz CT molecular complexity index is 613. The quantitative estimate of drug-likeness (QED) is 0.800. The Labute approximate surface area is 143 Å². The third kappa shape index (κ3) is 4.81. The van der Waals surface area contributed by atoms with Crippen molar-refractivity contribution in [3.05, 3.63) is 23.8 Å². The highest BCUT2D eigenvalue weighted by molar-refractivity contribution is 6.01. The van der Waals surface area contributed by atoms with E-state index < -0.39 is 0 Å². The maximum Gasteiger partial charge on any atom is 0.231 e. The molecule has 0 aromatic heterocycles. The number of carbonyl (C=O) groups is 3. The van der Waals surface area contributed by atoms with Crippen molar-refractivity contribution >= 4 is 23.4 Å². The van der Waals surface area contributed by atoms with Crippen molar-refractivity contribution in [3.63, 3.8) is 0 Å². The second-order valence-electron chi connectivity index (χ2n) is 5.48. The van der Waals surface area contributed by atoms with Gasteiger partial charge in [0.2, 0.25) is 17.7 Å². The number of carbonyl (C=O) groups excluding carboxylic acids is 3. The Morgan fingerprint density at radius 2 is 1.88 bits per heavy atom. The zero-order valence-electron chi connectivity index (χ0n) is 15.0. The zero-order valence-corrected chi connectivity index (χ0v) is 15.0. The molecule has 1 atom stereocenters. The molecule has 0 aliphatic carbocycles. The monoisotopic (exact) mass is 334 g/mol. The van der Waals surface area contributed by atoms with Gasteiger partial charge in [-0.1, -0.05) is 26.8 Å². The van der Waals surface area contributed by atoms with E-state index in [1.165, 1.54) is 0 Å². The summed E-state index contributed by atoms with van der Waals surface area (Å²) in [4.78, 5) is 34.1. The molecular weight excluding hydrogens is 308 g/mol. The lowest BCUT2D eigenvalue weighted by Crippen LogP contribution is -2.39. The summed E-state index contributed by atoms with van der Waals surface area (Å²) in [5.41, 5.74) is 2.04. The summed E-state index contributed by atoms with van der Waals surface area (Å²) in [6.45, 7) is 5.82. The van der Waals surface area contributed by atoms with Crippen molar-refractivity contribution in [2.45, 2.75) is 40.0 Å². The van der Waals surface area contributed by atoms with Gasteiger partial charge in [0.15, 0.2) is 0 Å².